The summed E-state index contributed by atoms with van der Waals surface area (Å²) in [7, 11) is -3.92. The Morgan fingerprint density at radius 2 is 1.47 bits per heavy atom. The largest absolute Gasteiger partial charge is 0.348 e. The molecule has 0 aliphatic heterocycles. The van der Waals surface area contributed by atoms with Crippen LogP contribution >= 0.6 is 15.9 Å². The van der Waals surface area contributed by atoms with Gasteiger partial charge in [0.05, 0.1) is 17.5 Å². The van der Waals surface area contributed by atoms with Crippen LogP contribution in [0.5, 0.6) is 0 Å². The average molecular weight is 544 g/mol. The molecule has 0 spiro atoms. The number of sulfonamides is 1. The fourth-order valence-corrected chi connectivity index (χ4v) is 6.17. The number of amides is 1. The van der Waals surface area contributed by atoms with Crippen LogP contribution in [0.2, 0.25) is 0 Å². The van der Waals surface area contributed by atoms with Gasteiger partial charge < -0.3 is 5.32 Å². The lowest BCUT2D eigenvalue weighted by molar-refractivity contribution is -0.122. The molecule has 0 saturated heterocycles. The van der Waals surface area contributed by atoms with Gasteiger partial charge in [-0.15, -0.1) is 0 Å². The van der Waals surface area contributed by atoms with E-state index >= 15 is 0 Å². The van der Waals surface area contributed by atoms with Gasteiger partial charge in [0.1, 0.15) is 0 Å². The summed E-state index contributed by atoms with van der Waals surface area (Å²) in [5.41, 5.74) is 5.20. The van der Waals surface area contributed by atoms with Gasteiger partial charge in [-0.05, 0) is 69.0 Å². The summed E-state index contributed by atoms with van der Waals surface area (Å²) in [6.45, 7) is 9.23. The summed E-state index contributed by atoms with van der Waals surface area (Å²) in [5, 5.41) is 2.94. The molecule has 0 fully saturated rings. The summed E-state index contributed by atoms with van der Waals surface area (Å²) in [6.07, 6.45) is 0. The van der Waals surface area contributed by atoms with Crippen LogP contribution in [0.3, 0.4) is 0 Å². The fraction of sp³-hybridized carbons (Fsp3) is 0.296. The Morgan fingerprint density at radius 3 is 2.03 bits per heavy atom. The zero-order valence-corrected chi connectivity index (χ0v) is 22.6. The smallest absolute Gasteiger partial charge is 0.244 e. The number of nitrogens with one attached hydrogen (secondary N) is 1. The van der Waals surface area contributed by atoms with E-state index in [4.69, 9.17) is 0 Å². The van der Waals surface area contributed by atoms with E-state index in [9.17, 15) is 13.2 Å². The maximum absolute atomic E-state index is 13.8. The van der Waals surface area contributed by atoms with Gasteiger partial charge in [-0.3, -0.25) is 4.79 Å². The number of hydrogen-bond acceptors (Lipinski definition) is 3. The molecule has 0 aliphatic carbocycles. The first-order valence-electron chi connectivity index (χ1n) is 11.2. The molecule has 5 nitrogen and oxygen atoms in total. The molecule has 34 heavy (non-hydrogen) atoms. The standard InChI is InChI=1S/C27H31BrN2O3S/c1-18-6-8-23(9-7-18)16-30(34(32,33)27-20(3)14-19(2)15-21(27)4)17-26(31)29-22(5)24-10-12-25(28)13-11-24/h6-15,22H,16-17H2,1-5H3,(H,29,31)/t22-/m0/s1. The lowest BCUT2D eigenvalue weighted by Crippen LogP contribution is -2.41. The minimum absolute atomic E-state index is 0.107. The van der Waals surface area contributed by atoms with E-state index in [2.05, 4.69) is 21.2 Å². The first kappa shape index (κ1) is 26.1. The minimum atomic E-state index is -3.92. The lowest BCUT2D eigenvalue weighted by Gasteiger charge is -2.25. The molecule has 0 radical (unpaired) electrons. The zero-order chi connectivity index (χ0) is 25.0. The van der Waals surface area contributed by atoms with Gasteiger partial charge in [0, 0.05) is 11.0 Å². The molecular weight excluding hydrogens is 512 g/mol. The van der Waals surface area contributed by atoms with E-state index in [-0.39, 0.29) is 29.9 Å². The summed E-state index contributed by atoms with van der Waals surface area (Å²) in [6, 6.07) is 18.8. The second-order valence-electron chi connectivity index (χ2n) is 8.83. The highest BCUT2D eigenvalue weighted by Crippen LogP contribution is 2.27. The number of aryl methyl sites for hydroxylation is 4. The maximum atomic E-state index is 13.8. The second-order valence-corrected chi connectivity index (χ2v) is 11.6. The monoisotopic (exact) mass is 542 g/mol. The first-order chi connectivity index (χ1) is 16.0. The lowest BCUT2D eigenvalue weighted by atomic mass is 10.1. The minimum Gasteiger partial charge on any atom is -0.348 e. The van der Waals surface area contributed by atoms with Crippen LogP contribution in [0.1, 0.15) is 46.3 Å². The van der Waals surface area contributed by atoms with Crippen LogP contribution in [0, 0.1) is 27.7 Å². The van der Waals surface area contributed by atoms with Gasteiger partial charge in [0.15, 0.2) is 0 Å². The molecule has 0 aliphatic rings. The molecule has 3 aromatic rings. The first-order valence-corrected chi connectivity index (χ1v) is 13.4. The number of nitrogens with zero attached hydrogens (tertiary/aromatic N) is 1. The molecule has 3 aromatic carbocycles. The van der Waals surface area contributed by atoms with E-state index in [1.165, 1.54) is 4.31 Å². The van der Waals surface area contributed by atoms with E-state index in [1.54, 1.807) is 13.8 Å². The summed E-state index contributed by atoms with van der Waals surface area (Å²) >= 11 is 3.41. The highest BCUT2D eigenvalue weighted by Gasteiger charge is 2.30. The third-order valence-corrected chi connectivity index (χ3v) is 8.38. The number of rotatable bonds is 8. The highest BCUT2D eigenvalue weighted by molar-refractivity contribution is 9.10. The van der Waals surface area contributed by atoms with Gasteiger partial charge in [0.25, 0.3) is 0 Å². The molecule has 7 heteroatoms. The molecule has 0 bridgehead atoms. The topological polar surface area (TPSA) is 66.5 Å². The van der Waals surface area contributed by atoms with E-state index in [0.717, 1.165) is 26.7 Å². The van der Waals surface area contributed by atoms with Crippen molar-refractivity contribution in [3.8, 4) is 0 Å². The van der Waals surface area contributed by atoms with Crippen molar-refractivity contribution in [3.63, 3.8) is 0 Å². The van der Waals surface area contributed by atoms with Gasteiger partial charge in [-0.25, -0.2) is 8.42 Å². The van der Waals surface area contributed by atoms with Crippen molar-refractivity contribution in [2.45, 2.75) is 52.1 Å². The molecule has 180 valence electrons. The SMILES string of the molecule is Cc1ccc(CN(CC(=O)N[C@@H](C)c2ccc(Br)cc2)S(=O)(=O)c2c(C)cc(C)cc2C)cc1. The average Bonchev–Trinajstić information content (AvgIpc) is 2.74. The number of carbonyl (C=O) groups excluding carboxylic acids is 1. The van der Waals surface area contributed by atoms with Crippen LogP contribution in [0.4, 0.5) is 0 Å². The quantitative estimate of drug-likeness (QED) is 0.394. The van der Waals surface area contributed by atoms with Crippen molar-refractivity contribution in [1.82, 2.24) is 9.62 Å². The van der Waals surface area contributed by atoms with Crippen LogP contribution in [-0.2, 0) is 21.4 Å². The Bertz CT molecular complexity index is 1250. The summed E-state index contributed by atoms with van der Waals surface area (Å²) in [4.78, 5) is 13.3. The predicted molar refractivity (Wildman–Crippen MR) is 140 cm³/mol. The van der Waals surface area contributed by atoms with Crippen molar-refractivity contribution >= 4 is 31.9 Å². The number of halogens is 1. The van der Waals surface area contributed by atoms with Crippen LogP contribution in [0.25, 0.3) is 0 Å². The maximum Gasteiger partial charge on any atom is 0.244 e. The van der Waals surface area contributed by atoms with Gasteiger partial charge >= 0.3 is 0 Å². The third kappa shape index (κ3) is 6.34. The van der Waals surface area contributed by atoms with Crippen LogP contribution in [-0.4, -0.2) is 25.2 Å². The molecule has 3 rings (SSSR count). The highest BCUT2D eigenvalue weighted by atomic mass is 79.9. The van der Waals surface area contributed by atoms with Gasteiger partial charge in [-0.2, -0.15) is 4.31 Å². The third-order valence-electron chi connectivity index (χ3n) is 5.75. The van der Waals surface area contributed by atoms with Crippen molar-refractivity contribution in [1.29, 1.82) is 0 Å². The van der Waals surface area contributed by atoms with Crippen molar-refractivity contribution in [3.05, 3.63) is 98.5 Å². The fourth-order valence-electron chi connectivity index (χ4n) is 4.11. The molecule has 0 saturated carbocycles. The summed E-state index contributed by atoms with van der Waals surface area (Å²) < 4.78 is 29.9. The molecular formula is C27H31BrN2O3S. The molecule has 1 amide bonds. The Kier molecular flexibility index (Phi) is 8.34. The molecule has 1 N–H and O–H groups in total. The Morgan fingerprint density at radius 1 is 0.912 bits per heavy atom. The predicted octanol–water partition coefficient (Wildman–Crippen LogP) is 5.75. The van der Waals surface area contributed by atoms with Crippen molar-refractivity contribution < 1.29 is 13.2 Å². The van der Waals surface area contributed by atoms with Crippen LogP contribution < -0.4 is 5.32 Å². The molecule has 0 unspecified atom stereocenters. The summed E-state index contributed by atoms with van der Waals surface area (Å²) in [5.74, 6) is -0.353. The van der Waals surface area contributed by atoms with E-state index in [0.29, 0.717) is 11.1 Å². The van der Waals surface area contributed by atoms with Crippen molar-refractivity contribution in [2.75, 3.05) is 6.54 Å². The van der Waals surface area contributed by atoms with Gasteiger partial charge in [-0.1, -0.05) is 75.6 Å². The Labute approximate surface area is 211 Å². The second kappa shape index (κ2) is 10.8. The zero-order valence-electron chi connectivity index (χ0n) is 20.2. The number of benzene rings is 3. The Hall–Kier alpha value is -2.48. The van der Waals surface area contributed by atoms with E-state index in [1.807, 2.05) is 81.4 Å². The van der Waals surface area contributed by atoms with Crippen LogP contribution in [0.15, 0.2) is 70.0 Å². The number of hydrogen-bond donors (Lipinski definition) is 1. The normalized spacial score (nSPS) is 12.6. The van der Waals surface area contributed by atoms with Gasteiger partial charge in [0.2, 0.25) is 15.9 Å². The van der Waals surface area contributed by atoms with E-state index < -0.39 is 10.0 Å². The van der Waals surface area contributed by atoms with Crippen molar-refractivity contribution in [2.24, 2.45) is 0 Å². The molecule has 0 heterocycles. The number of carbonyl (C=O) groups is 1. The molecule has 0 aromatic heterocycles. The molecule has 1 atom stereocenters. The Balaban J connectivity index is 1.91.